The molecular weight excluding hydrogens is 278 g/mol. The monoisotopic (exact) mass is 289 g/mol. The Hall–Kier alpha value is -1.61. The topological polar surface area (TPSA) is 22.1 Å². The Labute approximate surface area is 109 Å². The van der Waals surface area contributed by atoms with Gasteiger partial charge in [-0.1, -0.05) is 18.2 Å². The summed E-state index contributed by atoms with van der Waals surface area (Å²) >= 11 is 3.37. The molecule has 0 amide bonds. The molecule has 0 saturated heterocycles. The molecule has 0 bridgehead atoms. The minimum Gasteiger partial charge on any atom is -0.450 e. The minimum atomic E-state index is 0.641. The van der Waals surface area contributed by atoms with E-state index in [0.717, 1.165) is 11.4 Å². The largest absolute Gasteiger partial charge is 0.450 e. The van der Waals surface area contributed by atoms with Crippen LogP contribution in [0, 0.1) is 6.92 Å². The van der Waals surface area contributed by atoms with Crippen LogP contribution in [0.15, 0.2) is 53.3 Å². The first-order valence-electron chi connectivity index (χ1n) is 5.27. The van der Waals surface area contributed by atoms with Gasteiger partial charge in [-0.3, -0.25) is 4.98 Å². The Morgan fingerprint density at radius 3 is 2.82 bits per heavy atom. The molecule has 0 atom stereocenters. The quantitative estimate of drug-likeness (QED) is 0.792. The summed E-state index contributed by atoms with van der Waals surface area (Å²) in [6, 6.07) is 13.6. The van der Waals surface area contributed by atoms with E-state index in [0.29, 0.717) is 4.67 Å². The number of pyridine rings is 1. The maximum atomic E-state index is 5.64. The van der Waals surface area contributed by atoms with Gasteiger partial charge in [0.05, 0.1) is 5.69 Å². The van der Waals surface area contributed by atoms with Gasteiger partial charge in [-0.25, -0.2) is 0 Å². The molecule has 0 N–H and O–H groups in total. The third kappa shape index (κ3) is 3.71. The zero-order valence-electron chi connectivity index (χ0n) is 9.43. The lowest BCUT2D eigenvalue weighted by molar-refractivity contribution is 0.473. The molecule has 0 fully saturated rings. The van der Waals surface area contributed by atoms with Crippen LogP contribution in [0.3, 0.4) is 0 Å². The highest BCUT2D eigenvalue weighted by Gasteiger charge is 1.98. The van der Waals surface area contributed by atoms with Crippen molar-refractivity contribution in [3.05, 3.63) is 64.6 Å². The summed E-state index contributed by atoms with van der Waals surface area (Å²) in [5.41, 5.74) is 2.02. The molecule has 0 aliphatic rings. The molecule has 0 aliphatic carbocycles. The minimum absolute atomic E-state index is 0.641. The smallest absolute Gasteiger partial charge is 0.171 e. The van der Waals surface area contributed by atoms with Crippen LogP contribution in [0.25, 0.3) is 6.08 Å². The Morgan fingerprint density at radius 1 is 1.24 bits per heavy atom. The molecule has 1 aromatic heterocycles. The standard InChI is InChI=1S/C14H12BrNO/c1-11-5-4-7-13(9-11)17-14(15)10-12-6-2-3-8-16-12/h2-10H,1H3/b14-10+. The predicted octanol–water partition coefficient (Wildman–Crippen LogP) is 4.16. The van der Waals surface area contributed by atoms with Crippen LogP contribution in [0.5, 0.6) is 5.75 Å². The van der Waals surface area contributed by atoms with Crippen LogP contribution in [0.4, 0.5) is 0 Å². The van der Waals surface area contributed by atoms with Crippen LogP contribution >= 0.6 is 15.9 Å². The highest BCUT2D eigenvalue weighted by atomic mass is 79.9. The van der Waals surface area contributed by atoms with Gasteiger partial charge in [0.15, 0.2) is 4.67 Å². The van der Waals surface area contributed by atoms with Gasteiger partial charge in [0, 0.05) is 12.3 Å². The Kier molecular flexibility index (Phi) is 3.94. The second-order valence-corrected chi connectivity index (χ2v) is 4.40. The van der Waals surface area contributed by atoms with E-state index in [4.69, 9.17) is 4.74 Å². The molecule has 3 heteroatoms. The average molecular weight is 290 g/mol. The third-order valence-corrected chi connectivity index (χ3v) is 2.54. The van der Waals surface area contributed by atoms with Crippen LogP contribution in [-0.2, 0) is 0 Å². The number of hydrogen-bond acceptors (Lipinski definition) is 2. The fourth-order valence-corrected chi connectivity index (χ4v) is 1.82. The van der Waals surface area contributed by atoms with Gasteiger partial charge < -0.3 is 4.74 Å². The third-order valence-electron chi connectivity index (χ3n) is 2.15. The van der Waals surface area contributed by atoms with Crippen molar-refractivity contribution in [2.24, 2.45) is 0 Å². The van der Waals surface area contributed by atoms with Crippen molar-refractivity contribution in [2.45, 2.75) is 6.92 Å². The van der Waals surface area contributed by atoms with Crippen LogP contribution in [0.2, 0.25) is 0 Å². The van der Waals surface area contributed by atoms with Crippen molar-refractivity contribution < 1.29 is 4.74 Å². The summed E-state index contributed by atoms with van der Waals surface area (Å²) in [5.74, 6) is 0.809. The van der Waals surface area contributed by atoms with E-state index in [2.05, 4.69) is 20.9 Å². The molecule has 2 nitrogen and oxygen atoms in total. The molecule has 0 radical (unpaired) electrons. The number of hydrogen-bond donors (Lipinski definition) is 0. The van der Waals surface area contributed by atoms with Crippen molar-refractivity contribution in [2.75, 3.05) is 0 Å². The van der Waals surface area contributed by atoms with E-state index in [1.54, 1.807) is 6.20 Å². The van der Waals surface area contributed by atoms with Crippen LogP contribution in [-0.4, -0.2) is 4.98 Å². The first kappa shape index (κ1) is 11.9. The summed E-state index contributed by atoms with van der Waals surface area (Å²) in [6.45, 7) is 2.03. The van der Waals surface area contributed by atoms with E-state index in [1.807, 2.05) is 55.5 Å². The van der Waals surface area contributed by atoms with Gasteiger partial charge in [0.25, 0.3) is 0 Å². The number of benzene rings is 1. The van der Waals surface area contributed by atoms with Crippen molar-refractivity contribution in [3.63, 3.8) is 0 Å². The molecule has 1 aromatic carbocycles. The first-order chi connectivity index (χ1) is 8.24. The van der Waals surface area contributed by atoms with Gasteiger partial charge in [-0.2, -0.15) is 0 Å². The zero-order valence-corrected chi connectivity index (χ0v) is 11.0. The van der Waals surface area contributed by atoms with Gasteiger partial charge in [0.1, 0.15) is 5.75 Å². The van der Waals surface area contributed by atoms with E-state index in [-0.39, 0.29) is 0 Å². The number of rotatable bonds is 3. The number of nitrogens with zero attached hydrogens (tertiary/aromatic N) is 1. The van der Waals surface area contributed by atoms with Gasteiger partial charge in [-0.05, 0) is 52.7 Å². The van der Waals surface area contributed by atoms with Crippen LogP contribution in [0.1, 0.15) is 11.3 Å². The van der Waals surface area contributed by atoms with E-state index < -0.39 is 0 Å². The van der Waals surface area contributed by atoms with Gasteiger partial charge in [0.2, 0.25) is 0 Å². The molecule has 86 valence electrons. The second kappa shape index (κ2) is 5.64. The van der Waals surface area contributed by atoms with Crippen molar-refractivity contribution in [1.82, 2.24) is 4.98 Å². The van der Waals surface area contributed by atoms with Gasteiger partial charge >= 0.3 is 0 Å². The lowest BCUT2D eigenvalue weighted by Crippen LogP contribution is -1.89. The fraction of sp³-hybridized carbons (Fsp3) is 0.0714. The molecule has 0 saturated carbocycles. The highest BCUT2D eigenvalue weighted by Crippen LogP contribution is 2.19. The summed E-state index contributed by atoms with van der Waals surface area (Å²) in [4.78, 5) is 4.19. The van der Waals surface area contributed by atoms with Crippen molar-refractivity contribution >= 4 is 22.0 Å². The molecule has 2 rings (SSSR count). The summed E-state index contributed by atoms with van der Waals surface area (Å²) < 4.78 is 6.28. The molecule has 2 aromatic rings. The van der Waals surface area contributed by atoms with E-state index in [9.17, 15) is 0 Å². The number of aryl methyl sites for hydroxylation is 1. The maximum absolute atomic E-state index is 5.64. The predicted molar refractivity (Wildman–Crippen MR) is 72.9 cm³/mol. The molecular formula is C14H12BrNO. The number of ether oxygens (including phenoxy) is 1. The Bertz CT molecular complexity index is 523. The zero-order chi connectivity index (χ0) is 12.1. The SMILES string of the molecule is Cc1cccc(O/C(Br)=C/c2ccccn2)c1. The van der Waals surface area contributed by atoms with E-state index >= 15 is 0 Å². The lowest BCUT2D eigenvalue weighted by Gasteiger charge is -2.04. The number of aromatic nitrogens is 1. The Balaban J connectivity index is 2.12. The molecule has 1 heterocycles. The molecule has 0 unspecified atom stereocenters. The number of halogens is 1. The second-order valence-electron chi connectivity index (χ2n) is 3.62. The normalized spacial score (nSPS) is 11.3. The molecule has 0 spiro atoms. The van der Waals surface area contributed by atoms with Gasteiger partial charge in [-0.15, -0.1) is 0 Å². The maximum Gasteiger partial charge on any atom is 0.171 e. The fourth-order valence-electron chi connectivity index (χ4n) is 1.40. The first-order valence-corrected chi connectivity index (χ1v) is 6.06. The lowest BCUT2D eigenvalue weighted by atomic mass is 10.2. The molecule has 0 aliphatic heterocycles. The van der Waals surface area contributed by atoms with Crippen molar-refractivity contribution in [3.8, 4) is 5.75 Å². The van der Waals surface area contributed by atoms with E-state index in [1.165, 1.54) is 5.56 Å². The summed E-state index contributed by atoms with van der Waals surface area (Å²) in [7, 11) is 0. The summed E-state index contributed by atoms with van der Waals surface area (Å²) in [6.07, 6.45) is 3.58. The average Bonchev–Trinajstić information content (AvgIpc) is 2.30. The Morgan fingerprint density at radius 2 is 2.12 bits per heavy atom. The summed E-state index contributed by atoms with van der Waals surface area (Å²) in [5, 5.41) is 0. The van der Waals surface area contributed by atoms with Crippen molar-refractivity contribution in [1.29, 1.82) is 0 Å². The highest BCUT2D eigenvalue weighted by molar-refractivity contribution is 9.11. The van der Waals surface area contributed by atoms with Crippen LogP contribution < -0.4 is 4.74 Å². The molecule has 17 heavy (non-hydrogen) atoms.